The van der Waals surface area contributed by atoms with E-state index in [4.69, 9.17) is 9.84 Å². The molecule has 21 heavy (non-hydrogen) atoms. The number of benzene rings is 1. The van der Waals surface area contributed by atoms with Crippen molar-refractivity contribution in [1.82, 2.24) is 0 Å². The number of hydrogen-bond donors (Lipinski definition) is 2. The van der Waals surface area contributed by atoms with Gasteiger partial charge in [-0.1, -0.05) is 0 Å². The molecule has 0 aliphatic heterocycles. The largest absolute Gasteiger partial charge is 0.496 e. The van der Waals surface area contributed by atoms with Gasteiger partial charge in [0.15, 0.2) is 0 Å². The summed E-state index contributed by atoms with van der Waals surface area (Å²) in [6.07, 6.45) is 0. The molecule has 0 saturated heterocycles. The lowest BCUT2D eigenvalue weighted by atomic mass is 10.1. The van der Waals surface area contributed by atoms with Crippen LogP contribution >= 0.6 is 0 Å². The van der Waals surface area contributed by atoms with Crippen molar-refractivity contribution >= 4 is 23.3 Å². The van der Waals surface area contributed by atoms with Crippen LogP contribution in [-0.4, -0.2) is 29.0 Å². The Labute approximate surface area is 120 Å². The summed E-state index contributed by atoms with van der Waals surface area (Å²) in [4.78, 5) is 33.0. The fourth-order valence-corrected chi connectivity index (χ4v) is 1.44. The molecule has 1 aromatic carbocycles. The number of ether oxygens (including phenoxy) is 1. The van der Waals surface area contributed by atoms with E-state index in [-0.39, 0.29) is 28.3 Å². The Morgan fingerprint density at radius 1 is 1.29 bits per heavy atom. The average Bonchev–Trinajstić information content (AvgIpc) is 2.45. The van der Waals surface area contributed by atoms with Crippen LogP contribution in [0.15, 0.2) is 29.3 Å². The molecule has 8 heteroatoms. The standard InChI is InChI=1S/C13H14N2O6/c1-7(8(2)13(17)18)12(16)14-10-5-4-9(21-3)6-11(10)15(19)20/h4-6H,1-3H3,(H,14,16)(H,17,18). The van der Waals surface area contributed by atoms with Crippen LogP contribution in [0.5, 0.6) is 5.75 Å². The second kappa shape index (κ2) is 6.51. The first kappa shape index (κ1) is 16.2. The second-order valence-electron chi connectivity index (χ2n) is 4.15. The lowest BCUT2D eigenvalue weighted by molar-refractivity contribution is -0.384. The first-order valence-electron chi connectivity index (χ1n) is 5.82. The van der Waals surface area contributed by atoms with Gasteiger partial charge in [-0.05, 0) is 26.0 Å². The molecule has 0 saturated carbocycles. The van der Waals surface area contributed by atoms with Crippen LogP contribution < -0.4 is 10.1 Å². The number of amides is 1. The molecule has 2 N–H and O–H groups in total. The quantitative estimate of drug-likeness (QED) is 0.486. The van der Waals surface area contributed by atoms with Gasteiger partial charge in [0.1, 0.15) is 11.4 Å². The monoisotopic (exact) mass is 294 g/mol. The summed E-state index contributed by atoms with van der Waals surface area (Å²) in [5, 5.41) is 22.1. The number of rotatable bonds is 5. The maximum atomic E-state index is 11.9. The lowest BCUT2D eigenvalue weighted by Crippen LogP contribution is -2.17. The minimum atomic E-state index is -1.23. The van der Waals surface area contributed by atoms with E-state index < -0.39 is 16.8 Å². The van der Waals surface area contributed by atoms with E-state index in [1.54, 1.807) is 0 Å². The Morgan fingerprint density at radius 3 is 2.38 bits per heavy atom. The van der Waals surface area contributed by atoms with Gasteiger partial charge in [0.25, 0.3) is 11.6 Å². The number of hydrogen-bond acceptors (Lipinski definition) is 5. The number of carbonyl (C=O) groups excluding carboxylic acids is 1. The van der Waals surface area contributed by atoms with Gasteiger partial charge in [0.05, 0.1) is 18.1 Å². The molecule has 0 bridgehead atoms. The van der Waals surface area contributed by atoms with Crippen molar-refractivity contribution in [3.05, 3.63) is 39.5 Å². The molecule has 0 radical (unpaired) electrons. The summed E-state index contributed by atoms with van der Waals surface area (Å²) >= 11 is 0. The zero-order valence-corrected chi connectivity index (χ0v) is 11.7. The van der Waals surface area contributed by atoms with Crippen LogP contribution in [0.25, 0.3) is 0 Å². The average molecular weight is 294 g/mol. The van der Waals surface area contributed by atoms with Crippen molar-refractivity contribution in [1.29, 1.82) is 0 Å². The highest BCUT2D eigenvalue weighted by molar-refractivity contribution is 6.08. The van der Waals surface area contributed by atoms with E-state index in [1.807, 2.05) is 0 Å². The number of anilines is 1. The molecule has 8 nitrogen and oxygen atoms in total. The minimum absolute atomic E-state index is 0.0346. The van der Waals surface area contributed by atoms with Crippen LogP contribution in [-0.2, 0) is 9.59 Å². The summed E-state index contributed by atoms with van der Waals surface area (Å²) in [7, 11) is 1.36. The molecule has 0 fully saturated rings. The third-order valence-corrected chi connectivity index (χ3v) is 2.87. The molecule has 0 atom stereocenters. The van der Waals surface area contributed by atoms with E-state index in [0.29, 0.717) is 0 Å². The number of nitro benzene ring substituents is 1. The summed E-state index contributed by atoms with van der Waals surface area (Å²) in [6, 6.07) is 3.93. The molecule has 0 spiro atoms. The fraction of sp³-hybridized carbons (Fsp3) is 0.231. The zero-order chi connectivity index (χ0) is 16.2. The van der Waals surface area contributed by atoms with E-state index >= 15 is 0 Å². The summed E-state index contributed by atoms with van der Waals surface area (Å²) < 4.78 is 4.88. The predicted octanol–water partition coefficient (Wildman–Crippen LogP) is 1.96. The third-order valence-electron chi connectivity index (χ3n) is 2.87. The lowest BCUT2D eigenvalue weighted by Gasteiger charge is -2.08. The molecule has 112 valence electrons. The first-order chi connectivity index (χ1) is 9.77. The Bertz CT molecular complexity index is 636. The molecule has 0 unspecified atom stereocenters. The number of methoxy groups -OCH3 is 1. The molecule has 1 amide bonds. The molecular formula is C13H14N2O6. The zero-order valence-electron chi connectivity index (χ0n) is 11.7. The number of nitrogens with zero attached hydrogens (tertiary/aromatic N) is 1. The second-order valence-corrected chi connectivity index (χ2v) is 4.15. The van der Waals surface area contributed by atoms with Gasteiger partial charge in [-0.3, -0.25) is 14.9 Å². The topological polar surface area (TPSA) is 119 Å². The number of nitrogens with one attached hydrogen (secondary N) is 1. The highest BCUT2D eigenvalue weighted by Gasteiger charge is 2.19. The van der Waals surface area contributed by atoms with E-state index in [0.717, 1.165) is 0 Å². The Hall–Kier alpha value is -2.90. The first-order valence-corrected chi connectivity index (χ1v) is 5.82. The van der Waals surface area contributed by atoms with Crippen molar-refractivity contribution in [2.45, 2.75) is 13.8 Å². The number of nitro groups is 1. The maximum absolute atomic E-state index is 11.9. The SMILES string of the molecule is COc1ccc(NC(=O)C(C)=C(C)C(=O)O)c([N+](=O)[O-])c1. The van der Waals surface area contributed by atoms with Gasteiger partial charge < -0.3 is 15.2 Å². The van der Waals surface area contributed by atoms with Crippen LogP contribution in [0.1, 0.15) is 13.8 Å². The molecule has 0 aromatic heterocycles. The summed E-state index contributed by atoms with van der Waals surface area (Å²) in [6.45, 7) is 2.60. The number of carbonyl (C=O) groups is 2. The predicted molar refractivity (Wildman–Crippen MR) is 74.3 cm³/mol. The van der Waals surface area contributed by atoms with E-state index in [2.05, 4.69) is 5.32 Å². The Balaban J connectivity index is 3.14. The number of aliphatic carboxylic acids is 1. The molecule has 0 aliphatic rings. The van der Waals surface area contributed by atoms with E-state index in [9.17, 15) is 19.7 Å². The van der Waals surface area contributed by atoms with Crippen LogP contribution in [0, 0.1) is 10.1 Å². The maximum Gasteiger partial charge on any atom is 0.331 e. The molecular weight excluding hydrogens is 280 g/mol. The molecule has 1 aromatic rings. The molecule has 0 aliphatic carbocycles. The van der Waals surface area contributed by atoms with Crippen molar-refractivity contribution in [2.75, 3.05) is 12.4 Å². The van der Waals surface area contributed by atoms with Crippen molar-refractivity contribution in [2.24, 2.45) is 0 Å². The number of carboxylic acid groups (broad SMARTS) is 1. The van der Waals surface area contributed by atoms with Crippen molar-refractivity contribution < 1.29 is 24.4 Å². The highest BCUT2D eigenvalue weighted by atomic mass is 16.6. The van der Waals surface area contributed by atoms with E-state index in [1.165, 1.54) is 39.2 Å². The van der Waals surface area contributed by atoms with Gasteiger partial charge in [-0.15, -0.1) is 0 Å². The van der Waals surface area contributed by atoms with Gasteiger partial charge in [0, 0.05) is 11.1 Å². The van der Waals surface area contributed by atoms with Gasteiger partial charge in [-0.25, -0.2) is 4.79 Å². The summed E-state index contributed by atoms with van der Waals surface area (Å²) in [5.74, 6) is -1.68. The fourth-order valence-electron chi connectivity index (χ4n) is 1.44. The van der Waals surface area contributed by atoms with Crippen LogP contribution in [0.3, 0.4) is 0 Å². The van der Waals surface area contributed by atoms with Crippen LogP contribution in [0.4, 0.5) is 11.4 Å². The summed E-state index contributed by atoms with van der Waals surface area (Å²) in [5.41, 5.74) is -0.553. The third kappa shape index (κ3) is 3.78. The van der Waals surface area contributed by atoms with Gasteiger partial charge in [0.2, 0.25) is 0 Å². The highest BCUT2D eigenvalue weighted by Crippen LogP contribution is 2.29. The smallest absolute Gasteiger partial charge is 0.331 e. The van der Waals surface area contributed by atoms with Gasteiger partial charge in [-0.2, -0.15) is 0 Å². The normalized spacial score (nSPS) is 11.4. The van der Waals surface area contributed by atoms with Crippen LogP contribution in [0.2, 0.25) is 0 Å². The Kier molecular flexibility index (Phi) is 5.01. The molecule has 1 rings (SSSR count). The van der Waals surface area contributed by atoms with Crippen molar-refractivity contribution in [3.8, 4) is 5.75 Å². The van der Waals surface area contributed by atoms with Crippen molar-refractivity contribution in [3.63, 3.8) is 0 Å². The van der Waals surface area contributed by atoms with Gasteiger partial charge >= 0.3 is 5.97 Å². The Morgan fingerprint density at radius 2 is 1.90 bits per heavy atom. The number of carboxylic acids is 1. The minimum Gasteiger partial charge on any atom is -0.496 e. The molecule has 0 heterocycles.